The predicted molar refractivity (Wildman–Crippen MR) is 94.6 cm³/mol. The summed E-state index contributed by atoms with van der Waals surface area (Å²) >= 11 is 5.94. The molecule has 0 unspecified atom stereocenters. The molecule has 3 rings (SSSR count). The van der Waals surface area contributed by atoms with Gasteiger partial charge in [0.2, 0.25) is 0 Å². The Labute approximate surface area is 141 Å². The van der Waals surface area contributed by atoms with E-state index in [1.807, 2.05) is 12.1 Å². The molecular formula is C18H19ClN2O2. The number of phenolic OH excluding ortho intramolecular Hbond substituents is 1. The zero-order chi connectivity index (χ0) is 16.2. The van der Waals surface area contributed by atoms with Crippen LogP contribution >= 0.6 is 11.6 Å². The molecule has 1 saturated heterocycles. The summed E-state index contributed by atoms with van der Waals surface area (Å²) in [5.74, 6) is 0.166. The Balaban J connectivity index is 1.80. The molecule has 1 N–H and O–H groups in total. The molecule has 0 amide bonds. The van der Waals surface area contributed by atoms with Crippen molar-refractivity contribution in [3.05, 3.63) is 52.5 Å². The standard InChI is InChI=1S/C18H19ClN2O2/c1-13-10-16(3-4-17(13)21-6-8-23-9-7-21)20-12-14-11-15(19)2-5-18(14)22/h2-5,10-12,22H,6-9H2,1H3. The highest BCUT2D eigenvalue weighted by molar-refractivity contribution is 6.30. The normalized spacial score (nSPS) is 15.3. The largest absolute Gasteiger partial charge is 0.507 e. The molecule has 120 valence electrons. The third-order valence-corrected chi connectivity index (χ3v) is 4.11. The summed E-state index contributed by atoms with van der Waals surface area (Å²) in [6, 6.07) is 11.0. The van der Waals surface area contributed by atoms with Crippen LogP contribution in [0, 0.1) is 6.92 Å². The van der Waals surface area contributed by atoms with Crippen LogP contribution in [-0.4, -0.2) is 37.6 Å². The number of hydrogen-bond acceptors (Lipinski definition) is 4. The fourth-order valence-corrected chi connectivity index (χ4v) is 2.83. The number of aryl methyl sites for hydroxylation is 1. The zero-order valence-electron chi connectivity index (χ0n) is 13.0. The van der Waals surface area contributed by atoms with E-state index in [1.54, 1.807) is 24.4 Å². The van der Waals surface area contributed by atoms with Gasteiger partial charge in [-0.3, -0.25) is 4.99 Å². The van der Waals surface area contributed by atoms with E-state index in [0.717, 1.165) is 32.0 Å². The summed E-state index contributed by atoms with van der Waals surface area (Å²) in [4.78, 5) is 6.77. The highest BCUT2D eigenvalue weighted by Crippen LogP contribution is 2.26. The van der Waals surface area contributed by atoms with E-state index >= 15 is 0 Å². The summed E-state index contributed by atoms with van der Waals surface area (Å²) in [7, 11) is 0. The van der Waals surface area contributed by atoms with Crippen molar-refractivity contribution in [1.29, 1.82) is 0 Å². The maximum Gasteiger partial charge on any atom is 0.124 e. The number of benzene rings is 2. The van der Waals surface area contributed by atoms with Gasteiger partial charge in [0.05, 0.1) is 18.9 Å². The second-order valence-electron chi connectivity index (χ2n) is 5.53. The molecule has 0 spiro atoms. The first-order valence-electron chi connectivity index (χ1n) is 7.59. The maximum atomic E-state index is 9.81. The van der Waals surface area contributed by atoms with Gasteiger partial charge in [0.15, 0.2) is 0 Å². The van der Waals surface area contributed by atoms with E-state index in [2.05, 4.69) is 22.9 Å². The molecule has 1 aliphatic heterocycles. The molecule has 0 aliphatic carbocycles. The van der Waals surface area contributed by atoms with E-state index in [1.165, 1.54) is 11.3 Å². The van der Waals surface area contributed by atoms with Gasteiger partial charge >= 0.3 is 0 Å². The second kappa shape index (κ2) is 7.02. The number of aromatic hydroxyl groups is 1. The molecule has 0 aromatic heterocycles. The van der Waals surface area contributed by atoms with Gasteiger partial charge in [0.1, 0.15) is 5.75 Å². The fraction of sp³-hybridized carbons (Fsp3) is 0.278. The molecule has 23 heavy (non-hydrogen) atoms. The summed E-state index contributed by atoms with van der Waals surface area (Å²) in [6.45, 7) is 5.46. The number of nitrogens with zero attached hydrogens (tertiary/aromatic N) is 2. The van der Waals surface area contributed by atoms with Crippen molar-refractivity contribution in [3.8, 4) is 5.75 Å². The topological polar surface area (TPSA) is 45.1 Å². The number of aliphatic imine (C=N–C) groups is 1. The molecule has 0 atom stereocenters. The van der Waals surface area contributed by atoms with Gasteiger partial charge in [-0.25, -0.2) is 0 Å². The Bertz CT molecular complexity index is 725. The molecule has 2 aromatic rings. The third kappa shape index (κ3) is 3.84. The lowest BCUT2D eigenvalue weighted by Crippen LogP contribution is -2.36. The first-order chi connectivity index (χ1) is 11.1. The molecule has 2 aromatic carbocycles. The van der Waals surface area contributed by atoms with Crippen molar-refractivity contribution in [2.45, 2.75) is 6.92 Å². The number of phenols is 1. The van der Waals surface area contributed by atoms with Crippen LogP contribution in [0.5, 0.6) is 5.75 Å². The number of hydrogen-bond donors (Lipinski definition) is 1. The Morgan fingerprint density at radius 3 is 2.70 bits per heavy atom. The molecule has 1 heterocycles. The van der Waals surface area contributed by atoms with E-state index in [-0.39, 0.29) is 5.75 Å². The van der Waals surface area contributed by atoms with Gasteiger partial charge in [-0.1, -0.05) is 11.6 Å². The number of morpholine rings is 1. The summed E-state index contributed by atoms with van der Waals surface area (Å²) in [6.07, 6.45) is 1.63. The fourth-order valence-electron chi connectivity index (χ4n) is 2.65. The predicted octanol–water partition coefficient (Wildman–Crippen LogP) is 3.94. The minimum Gasteiger partial charge on any atom is -0.507 e. The van der Waals surface area contributed by atoms with Gasteiger partial charge in [-0.15, -0.1) is 0 Å². The SMILES string of the molecule is Cc1cc(N=Cc2cc(Cl)ccc2O)ccc1N1CCOCC1. The van der Waals surface area contributed by atoms with Gasteiger partial charge in [-0.2, -0.15) is 0 Å². The average molecular weight is 331 g/mol. The van der Waals surface area contributed by atoms with E-state index in [4.69, 9.17) is 16.3 Å². The minimum absolute atomic E-state index is 0.166. The van der Waals surface area contributed by atoms with Gasteiger partial charge < -0.3 is 14.7 Å². The molecule has 0 bridgehead atoms. The lowest BCUT2D eigenvalue weighted by atomic mass is 10.1. The van der Waals surface area contributed by atoms with Crippen LogP contribution in [-0.2, 0) is 4.74 Å². The van der Waals surface area contributed by atoms with Crippen LogP contribution in [0.2, 0.25) is 5.02 Å². The number of ether oxygens (including phenoxy) is 1. The quantitative estimate of drug-likeness (QED) is 0.867. The Morgan fingerprint density at radius 2 is 1.96 bits per heavy atom. The maximum absolute atomic E-state index is 9.81. The van der Waals surface area contributed by atoms with E-state index in [0.29, 0.717) is 10.6 Å². The first kappa shape index (κ1) is 15.8. The summed E-state index contributed by atoms with van der Waals surface area (Å²) in [5, 5.41) is 10.4. The smallest absolute Gasteiger partial charge is 0.124 e. The Morgan fingerprint density at radius 1 is 1.17 bits per heavy atom. The van der Waals surface area contributed by atoms with Crippen molar-refractivity contribution >= 4 is 29.2 Å². The first-order valence-corrected chi connectivity index (χ1v) is 7.97. The van der Waals surface area contributed by atoms with Crippen LogP contribution < -0.4 is 4.90 Å². The monoisotopic (exact) mass is 330 g/mol. The van der Waals surface area contributed by atoms with Crippen LogP contribution in [0.4, 0.5) is 11.4 Å². The third-order valence-electron chi connectivity index (χ3n) is 3.87. The highest BCUT2D eigenvalue weighted by Gasteiger charge is 2.13. The molecule has 0 saturated carbocycles. The van der Waals surface area contributed by atoms with Crippen molar-refractivity contribution in [1.82, 2.24) is 0 Å². The van der Waals surface area contributed by atoms with Gasteiger partial charge in [-0.05, 0) is 48.9 Å². The highest BCUT2D eigenvalue weighted by atomic mass is 35.5. The Hall–Kier alpha value is -2.04. The zero-order valence-corrected chi connectivity index (χ0v) is 13.8. The molecule has 1 aliphatic rings. The molecule has 5 heteroatoms. The van der Waals surface area contributed by atoms with Crippen LogP contribution in [0.3, 0.4) is 0 Å². The van der Waals surface area contributed by atoms with Crippen LogP contribution in [0.25, 0.3) is 0 Å². The van der Waals surface area contributed by atoms with Crippen LogP contribution in [0.15, 0.2) is 41.4 Å². The molecule has 0 radical (unpaired) electrons. The van der Waals surface area contributed by atoms with Gasteiger partial charge in [0.25, 0.3) is 0 Å². The Kier molecular flexibility index (Phi) is 4.84. The van der Waals surface area contributed by atoms with E-state index in [9.17, 15) is 5.11 Å². The number of halogens is 1. The van der Waals surface area contributed by atoms with Crippen molar-refractivity contribution in [3.63, 3.8) is 0 Å². The summed E-state index contributed by atoms with van der Waals surface area (Å²) < 4.78 is 5.39. The average Bonchev–Trinajstić information content (AvgIpc) is 2.56. The van der Waals surface area contributed by atoms with Crippen molar-refractivity contribution in [2.75, 3.05) is 31.2 Å². The van der Waals surface area contributed by atoms with Crippen LogP contribution in [0.1, 0.15) is 11.1 Å². The lowest BCUT2D eigenvalue weighted by molar-refractivity contribution is 0.122. The minimum atomic E-state index is 0.166. The molecule has 1 fully saturated rings. The lowest BCUT2D eigenvalue weighted by Gasteiger charge is -2.30. The second-order valence-corrected chi connectivity index (χ2v) is 5.97. The van der Waals surface area contributed by atoms with Gasteiger partial charge in [0, 0.05) is 35.6 Å². The number of anilines is 1. The molecular weight excluding hydrogens is 312 g/mol. The summed E-state index contributed by atoms with van der Waals surface area (Å²) in [5.41, 5.74) is 3.85. The number of rotatable bonds is 3. The van der Waals surface area contributed by atoms with E-state index < -0.39 is 0 Å². The molecule has 4 nitrogen and oxygen atoms in total. The van der Waals surface area contributed by atoms with Crippen molar-refractivity contribution in [2.24, 2.45) is 4.99 Å². The van der Waals surface area contributed by atoms with Crippen molar-refractivity contribution < 1.29 is 9.84 Å².